The van der Waals surface area contributed by atoms with Crippen LogP contribution in [0.4, 0.5) is 0 Å². The predicted octanol–water partition coefficient (Wildman–Crippen LogP) is 4.43. The lowest BCUT2D eigenvalue weighted by Gasteiger charge is -2.14. The smallest absolute Gasteiger partial charge is 0.271 e. The van der Waals surface area contributed by atoms with Crippen molar-refractivity contribution in [1.29, 1.82) is 0 Å². The Hall–Kier alpha value is -3.37. The number of halogens is 3. The fraction of sp³-hybridized carbons (Fsp3) is 0.130. The molecule has 0 saturated heterocycles. The third-order valence-corrected chi connectivity index (χ3v) is 5.93. The van der Waals surface area contributed by atoms with Gasteiger partial charge >= 0.3 is 0 Å². The van der Waals surface area contributed by atoms with Crippen LogP contribution in [0, 0.1) is 0 Å². The van der Waals surface area contributed by atoms with E-state index in [9.17, 15) is 9.59 Å². The fourth-order valence-corrected chi connectivity index (χ4v) is 3.61. The van der Waals surface area contributed by atoms with Crippen LogP contribution in [-0.4, -0.2) is 43.1 Å². The van der Waals surface area contributed by atoms with Gasteiger partial charge in [-0.15, -0.1) is 0 Å². The molecule has 5 heterocycles. The van der Waals surface area contributed by atoms with Gasteiger partial charge in [0.05, 0.1) is 18.9 Å². The van der Waals surface area contributed by atoms with Crippen LogP contribution < -0.4 is 11.1 Å². The molecule has 4 aromatic heterocycles. The molecule has 0 atom stereocenters. The molecule has 5 rings (SSSR count). The largest absolute Gasteiger partial charge is 0.377 e. The van der Waals surface area contributed by atoms with Gasteiger partial charge in [-0.2, -0.15) is 0 Å². The molecule has 2 N–H and O–H groups in total. The lowest BCUT2D eigenvalue weighted by atomic mass is 10.1. The van der Waals surface area contributed by atoms with Crippen molar-refractivity contribution >= 4 is 40.4 Å². The molecule has 0 amide bonds. The van der Waals surface area contributed by atoms with Crippen LogP contribution in [0.2, 0.25) is 15.2 Å². The zero-order chi connectivity index (χ0) is 24.8. The van der Waals surface area contributed by atoms with E-state index in [4.69, 9.17) is 39.5 Å². The minimum atomic E-state index is -0.455. The molecule has 0 aliphatic carbocycles. The highest BCUT2D eigenvalue weighted by Crippen LogP contribution is 2.25. The van der Waals surface area contributed by atoms with Crippen LogP contribution in [0.25, 0.3) is 28.3 Å². The first kappa shape index (κ1) is 24.7. The summed E-state index contributed by atoms with van der Waals surface area (Å²) in [6.07, 6.45) is 9.10. The van der Waals surface area contributed by atoms with Crippen LogP contribution in [0.1, 0.15) is 12.1 Å². The minimum Gasteiger partial charge on any atom is -0.377 e. The van der Waals surface area contributed by atoms with Gasteiger partial charge < -0.3 is 14.7 Å². The molecule has 0 unspecified atom stereocenters. The maximum atomic E-state index is 12.0. The topological polar surface area (TPSA) is 127 Å². The van der Waals surface area contributed by atoms with Gasteiger partial charge in [-0.3, -0.25) is 19.6 Å². The van der Waals surface area contributed by atoms with Gasteiger partial charge in [0, 0.05) is 35.9 Å². The van der Waals surface area contributed by atoms with Gasteiger partial charge in [-0.05, 0) is 36.3 Å². The van der Waals surface area contributed by atoms with E-state index in [-0.39, 0.29) is 20.8 Å². The van der Waals surface area contributed by atoms with Crippen molar-refractivity contribution < 1.29 is 4.74 Å². The first-order valence-corrected chi connectivity index (χ1v) is 11.4. The third-order valence-electron chi connectivity index (χ3n) is 4.86. The first-order valence-electron chi connectivity index (χ1n) is 10.3. The highest BCUT2D eigenvalue weighted by Gasteiger charge is 2.16. The molecule has 35 heavy (non-hydrogen) atoms. The van der Waals surface area contributed by atoms with E-state index >= 15 is 0 Å². The van der Waals surface area contributed by atoms with E-state index in [2.05, 4.69) is 29.9 Å². The zero-order valence-electron chi connectivity index (χ0n) is 18.0. The number of pyridine rings is 2. The maximum absolute atomic E-state index is 12.0. The molecule has 12 heteroatoms. The van der Waals surface area contributed by atoms with Gasteiger partial charge in [0.2, 0.25) is 0 Å². The van der Waals surface area contributed by atoms with Gasteiger partial charge in [-0.1, -0.05) is 40.9 Å². The van der Waals surface area contributed by atoms with E-state index in [0.717, 1.165) is 16.7 Å². The van der Waals surface area contributed by atoms with Crippen molar-refractivity contribution in [2.45, 2.75) is 6.42 Å². The first-order chi connectivity index (χ1) is 16.9. The summed E-state index contributed by atoms with van der Waals surface area (Å²) >= 11 is 17.4. The van der Waals surface area contributed by atoms with Crippen LogP contribution >= 0.6 is 34.8 Å². The number of rotatable bonds is 3. The van der Waals surface area contributed by atoms with Crippen molar-refractivity contribution in [2.24, 2.45) is 0 Å². The van der Waals surface area contributed by atoms with Crippen molar-refractivity contribution in [1.82, 2.24) is 29.9 Å². The summed E-state index contributed by atoms with van der Waals surface area (Å²) in [5.41, 5.74) is 2.20. The Balaban J connectivity index is 0.000000172. The SMILES string of the molecule is O=c1[nH]c(-c2ccncc2)nc(C2=CCOCC2)c1Cl.O=c1[nH]c(-c2ccncc2)nc(Cl)c1Cl. The third kappa shape index (κ3) is 6.01. The maximum Gasteiger partial charge on any atom is 0.271 e. The van der Waals surface area contributed by atoms with Crippen LogP contribution in [0.15, 0.2) is 64.7 Å². The molecule has 4 aromatic rings. The normalized spacial score (nSPS) is 12.9. The Kier molecular flexibility index (Phi) is 8.04. The highest BCUT2D eigenvalue weighted by molar-refractivity contribution is 6.41. The quantitative estimate of drug-likeness (QED) is 0.375. The Labute approximate surface area is 213 Å². The predicted molar refractivity (Wildman–Crippen MR) is 135 cm³/mol. The molecule has 0 fully saturated rings. The summed E-state index contributed by atoms with van der Waals surface area (Å²) in [6, 6.07) is 6.99. The summed E-state index contributed by atoms with van der Waals surface area (Å²) in [4.78, 5) is 44.7. The monoisotopic (exact) mass is 530 g/mol. The van der Waals surface area contributed by atoms with Gasteiger partial charge in [-0.25, -0.2) is 9.97 Å². The van der Waals surface area contributed by atoms with Crippen LogP contribution in [-0.2, 0) is 4.74 Å². The molecule has 178 valence electrons. The molecular formula is C23H17Cl3N6O3. The molecule has 1 aliphatic rings. The van der Waals surface area contributed by atoms with Gasteiger partial charge in [0.15, 0.2) is 5.15 Å². The minimum absolute atomic E-state index is 0.00720. The second-order valence-corrected chi connectivity index (χ2v) is 8.24. The molecule has 0 spiro atoms. The van der Waals surface area contributed by atoms with Gasteiger partial charge in [0.1, 0.15) is 21.7 Å². The number of hydrogen-bond donors (Lipinski definition) is 2. The Morgan fingerprint density at radius 1 is 0.771 bits per heavy atom. The average Bonchev–Trinajstić information content (AvgIpc) is 2.90. The number of ether oxygens (including phenoxy) is 1. The van der Waals surface area contributed by atoms with Crippen molar-refractivity contribution in [3.8, 4) is 22.8 Å². The van der Waals surface area contributed by atoms with Crippen LogP contribution in [0.5, 0.6) is 0 Å². The number of nitrogens with one attached hydrogen (secondary N) is 2. The molecule has 0 bridgehead atoms. The fourth-order valence-electron chi connectivity index (χ4n) is 3.14. The summed E-state index contributed by atoms with van der Waals surface area (Å²) in [7, 11) is 0. The summed E-state index contributed by atoms with van der Waals surface area (Å²) in [5.74, 6) is 0.862. The Bertz CT molecular complexity index is 1470. The Morgan fingerprint density at radius 2 is 1.31 bits per heavy atom. The number of H-pyrrole nitrogens is 2. The Morgan fingerprint density at radius 3 is 1.83 bits per heavy atom. The van der Waals surface area contributed by atoms with Crippen molar-refractivity contribution in [2.75, 3.05) is 13.2 Å². The molecular weight excluding hydrogens is 515 g/mol. The summed E-state index contributed by atoms with van der Waals surface area (Å²) < 4.78 is 5.26. The standard InChI is InChI=1S/C14H12ClN3O2.C9H5Cl2N3O/c15-11-12(9-3-7-20-8-4-9)17-13(18-14(11)19)10-1-5-16-6-2-10;10-6-7(11)13-8(14-9(6)15)5-1-3-12-4-2-5/h1-3,5-6H,4,7-8H2,(H,17,18,19);1-4H,(H,13,14,15). The highest BCUT2D eigenvalue weighted by atomic mass is 35.5. The summed E-state index contributed by atoms with van der Waals surface area (Å²) in [5, 5.41) is 0.0117. The molecule has 0 saturated carbocycles. The van der Waals surface area contributed by atoms with E-state index in [0.29, 0.717) is 37.0 Å². The number of hydrogen-bond acceptors (Lipinski definition) is 7. The summed E-state index contributed by atoms with van der Waals surface area (Å²) in [6.45, 7) is 1.13. The molecule has 9 nitrogen and oxygen atoms in total. The number of nitrogens with zero attached hydrogens (tertiary/aromatic N) is 4. The number of aromatic amines is 2. The second-order valence-electron chi connectivity index (χ2n) is 7.12. The van der Waals surface area contributed by atoms with Crippen LogP contribution in [0.3, 0.4) is 0 Å². The van der Waals surface area contributed by atoms with Crippen molar-refractivity contribution in [3.05, 3.63) is 96.7 Å². The van der Waals surface area contributed by atoms with E-state index < -0.39 is 5.56 Å². The lowest BCUT2D eigenvalue weighted by molar-refractivity contribution is 0.161. The molecule has 1 aliphatic heterocycles. The molecule has 0 aromatic carbocycles. The zero-order valence-corrected chi connectivity index (χ0v) is 20.2. The lowest BCUT2D eigenvalue weighted by Crippen LogP contribution is -2.15. The van der Waals surface area contributed by atoms with E-state index in [1.807, 2.05) is 6.08 Å². The van der Waals surface area contributed by atoms with E-state index in [1.165, 1.54) is 0 Å². The van der Waals surface area contributed by atoms with Gasteiger partial charge in [0.25, 0.3) is 11.1 Å². The number of aromatic nitrogens is 6. The average molecular weight is 532 g/mol. The van der Waals surface area contributed by atoms with E-state index in [1.54, 1.807) is 49.1 Å². The molecule has 0 radical (unpaired) electrons. The second kappa shape index (κ2) is 11.4. The van der Waals surface area contributed by atoms with Crippen molar-refractivity contribution in [3.63, 3.8) is 0 Å².